The van der Waals surface area contributed by atoms with Gasteiger partial charge in [-0.15, -0.1) is 0 Å². The molecule has 0 radical (unpaired) electrons. The minimum Gasteiger partial charge on any atom is -0.466 e. The van der Waals surface area contributed by atoms with E-state index in [-0.39, 0.29) is 0 Å². The Kier molecular flexibility index (Phi) is 4.16. The molecule has 0 aliphatic heterocycles. The van der Waals surface area contributed by atoms with Gasteiger partial charge in [0, 0.05) is 11.6 Å². The second kappa shape index (κ2) is 5.48. The lowest BCUT2D eigenvalue weighted by Gasteiger charge is -2.33. The first kappa shape index (κ1) is 13.7. The van der Waals surface area contributed by atoms with Crippen LogP contribution in [0.15, 0.2) is 4.42 Å². The van der Waals surface area contributed by atoms with E-state index in [1.165, 1.54) is 36.8 Å². The molecule has 0 spiro atoms. The van der Waals surface area contributed by atoms with Gasteiger partial charge in [-0.05, 0) is 58.1 Å². The Hall–Kier alpha value is -0.760. The molecule has 1 heterocycles. The average molecular weight is 249 g/mol. The fourth-order valence-electron chi connectivity index (χ4n) is 3.67. The van der Waals surface area contributed by atoms with Crippen LogP contribution in [0.3, 0.4) is 0 Å². The van der Waals surface area contributed by atoms with Gasteiger partial charge in [-0.2, -0.15) is 0 Å². The standard InChI is InChI=1S/C16H27NO/c1-10-7-6-8-14(9-10)16(17-5)15-11(2)12(3)18-13(15)4/h10,14,16-17H,6-9H2,1-5H3. The molecule has 0 saturated heterocycles. The van der Waals surface area contributed by atoms with Gasteiger partial charge in [-0.1, -0.05) is 19.8 Å². The molecule has 1 saturated carbocycles. The van der Waals surface area contributed by atoms with Crippen LogP contribution in [0.5, 0.6) is 0 Å². The summed E-state index contributed by atoms with van der Waals surface area (Å²) in [5.74, 6) is 3.80. The monoisotopic (exact) mass is 249 g/mol. The zero-order valence-electron chi connectivity index (χ0n) is 12.5. The molecule has 1 aliphatic carbocycles. The van der Waals surface area contributed by atoms with Crippen LogP contribution in [0, 0.1) is 32.6 Å². The van der Waals surface area contributed by atoms with E-state index in [0.717, 1.165) is 23.4 Å². The lowest BCUT2D eigenvalue weighted by Crippen LogP contribution is -2.29. The molecule has 0 bridgehead atoms. The van der Waals surface area contributed by atoms with Crippen molar-refractivity contribution in [1.82, 2.24) is 5.32 Å². The highest BCUT2D eigenvalue weighted by molar-refractivity contribution is 5.34. The van der Waals surface area contributed by atoms with Gasteiger partial charge in [0.25, 0.3) is 0 Å². The van der Waals surface area contributed by atoms with Crippen LogP contribution in [0.1, 0.15) is 61.3 Å². The highest BCUT2D eigenvalue weighted by Crippen LogP contribution is 2.40. The van der Waals surface area contributed by atoms with Gasteiger partial charge in [-0.3, -0.25) is 0 Å². The molecular formula is C16H27NO. The summed E-state index contributed by atoms with van der Waals surface area (Å²) in [5, 5.41) is 3.54. The molecule has 18 heavy (non-hydrogen) atoms. The molecule has 1 aromatic heterocycles. The van der Waals surface area contributed by atoms with Crippen molar-refractivity contribution in [2.24, 2.45) is 11.8 Å². The van der Waals surface area contributed by atoms with Crippen molar-refractivity contribution in [2.45, 2.75) is 59.4 Å². The van der Waals surface area contributed by atoms with Crippen LogP contribution in [0.4, 0.5) is 0 Å². The zero-order valence-corrected chi connectivity index (χ0v) is 12.5. The normalized spacial score (nSPS) is 26.3. The molecule has 3 unspecified atom stereocenters. The lowest BCUT2D eigenvalue weighted by atomic mass is 9.76. The van der Waals surface area contributed by atoms with Gasteiger partial charge in [0.1, 0.15) is 11.5 Å². The average Bonchev–Trinajstić information content (AvgIpc) is 2.57. The van der Waals surface area contributed by atoms with Crippen LogP contribution in [0.2, 0.25) is 0 Å². The first-order valence-corrected chi connectivity index (χ1v) is 7.28. The molecule has 3 atom stereocenters. The fraction of sp³-hybridized carbons (Fsp3) is 0.750. The summed E-state index contributed by atoms with van der Waals surface area (Å²) >= 11 is 0. The molecule has 1 aliphatic rings. The fourth-order valence-corrected chi connectivity index (χ4v) is 3.67. The van der Waals surface area contributed by atoms with Crippen LogP contribution in [-0.2, 0) is 0 Å². The molecule has 1 N–H and O–H groups in total. The topological polar surface area (TPSA) is 25.2 Å². The van der Waals surface area contributed by atoms with E-state index < -0.39 is 0 Å². The van der Waals surface area contributed by atoms with E-state index in [2.05, 4.69) is 40.1 Å². The molecule has 1 aromatic rings. The maximum atomic E-state index is 5.81. The molecule has 2 rings (SSSR count). The summed E-state index contributed by atoms with van der Waals surface area (Å²) in [6, 6.07) is 0.463. The van der Waals surface area contributed by atoms with Crippen LogP contribution < -0.4 is 5.32 Å². The van der Waals surface area contributed by atoms with Crippen molar-refractivity contribution in [3.8, 4) is 0 Å². The van der Waals surface area contributed by atoms with E-state index >= 15 is 0 Å². The number of furan rings is 1. The van der Waals surface area contributed by atoms with Crippen molar-refractivity contribution < 1.29 is 4.42 Å². The highest BCUT2D eigenvalue weighted by Gasteiger charge is 2.30. The minimum absolute atomic E-state index is 0.463. The molecular weight excluding hydrogens is 222 g/mol. The number of rotatable bonds is 3. The summed E-state index contributed by atoms with van der Waals surface area (Å²) in [6.07, 6.45) is 5.46. The van der Waals surface area contributed by atoms with E-state index in [1.807, 2.05) is 0 Å². The van der Waals surface area contributed by atoms with Crippen molar-refractivity contribution in [3.05, 3.63) is 22.6 Å². The predicted molar refractivity (Wildman–Crippen MR) is 75.8 cm³/mol. The van der Waals surface area contributed by atoms with Gasteiger partial charge in [0.15, 0.2) is 0 Å². The van der Waals surface area contributed by atoms with E-state index in [9.17, 15) is 0 Å². The lowest BCUT2D eigenvalue weighted by molar-refractivity contribution is 0.228. The van der Waals surface area contributed by atoms with Gasteiger partial charge < -0.3 is 9.73 Å². The Morgan fingerprint density at radius 2 is 1.89 bits per heavy atom. The minimum atomic E-state index is 0.463. The SMILES string of the molecule is CNC(c1c(C)oc(C)c1C)C1CCCC(C)C1. The summed E-state index contributed by atoms with van der Waals surface area (Å²) in [5.41, 5.74) is 2.75. The van der Waals surface area contributed by atoms with Crippen molar-refractivity contribution in [3.63, 3.8) is 0 Å². The number of hydrogen-bond acceptors (Lipinski definition) is 2. The van der Waals surface area contributed by atoms with E-state index in [4.69, 9.17) is 4.42 Å². The smallest absolute Gasteiger partial charge is 0.106 e. The molecule has 0 amide bonds. The molecule has 1 fully saturated rings. The molecule has 0 aromatic carbocycles. The predicted octanol–water partition coefficient (Wildman–Crippen LogP) is 4.29. The van der Waals surface area contributed by atoms with Gasteiger partial charge in [0.2, 0.25) is 0 Å². The Balaban J connectivity index is 2.27. The number of aryl methyl sites for hydroxylation is 2. The van der Waals surface area contributed by atoms with Gasteiger partial charge in [0.05, 0.1) is 0 Å². The Bertz CT molecular complexity index is 407. The van der Waals surface area contributed by atoms with Gasteiger partial charge >= 0.3 is 0 Å². The largest absolute Gasteiger partial charge is 0.466 e. The van der Waals surface area contributed by atoms with Crippen molar-refractivity contribution in [2.75, 3.05) is 7.05 Å². The second-order valence-electron chi connectivity index (χ2n) is 6.05. The van der Waals surface area contributed by atoms with E-state index in [1.54, 1.807) is 0 Å². The summed E-state index contributed by atoms with van der Waals surface area (Å²) in [6.45, 7) is 8.75. The first-order chi connectivity index (χ1) is 8.54. The Labute approximate surface area is 111 Å². The number of hydrogen-bond donors (Lipinski definition) is 1. The van der Waals surface area contributed by atoms with Crippen LogP contribution >= 0.6 is 0 Å². The third-order valence-electron chi connectivity index (χ3n) is 4.69. The Morgan fingerprint density at radius 3 is 2.39 bits per heavy atom. The van der Waals surface area contributed by atoms with Crippen molar-refractivity contribution in [1.29, 1.82) is 0 Å². The van der Waals surface area contributed by atoms with Gasteiger partial charge in [-0.25, -0.2) is 0 Å². The highest BCUT2D eigenvalue weighted by atomic mass is 16.3. The molecule has 2 heteroatoms. The van der Waals surface area contributed by atoms with Crippen LogP contribution in [0.25, 0.3) is 0 Å². The van der Waals surface area contributed by atoms with Crippen LogP contribution in [-0.4, -0.2) is 7.05 Å². The molecule has 2 nitrogen and oxygen atoms in total. The van der Waals surface area contributed by atoms with Crippen molar-refractivity contribution >= 4 is 0 Å². The Morgan fingerprint density at radius 1 is 1.17 bits per heavy atom. The zero-order chi connectivity index (χ0) is 13.3. The quantitative estimate of drug-likeness (QED) is 0.864. The summed E-state index contributed by atoms with van der Waals surface area (Å²) < 4.78 is 5.81. The molecule has 102 valence electrons. The maximum Gasteiger partial charge on any atom is 0.106 e. The maximum absolute atomic E-state index is 5.81. The summed E-state index contributed by atoms with van der Waals surface area (Å²) in [7, 11) is 2.09. The third kappa shape index (κ3) is 2.49. The third-order valence-corrected chi connectivity index (χ3v) is 4.69. The van der Waals surface area contributed by atoms with E-state index in [0.29, 0.717) is 6.04 Å². The second-order valence-corrected chi connectivity index (χ2v) is 6.05. The first-order valence-electron chi connectivity index (χ1n) is 7.28. The number of nitrogens with one attached hydrogen (secondary N) is 1. The summed E-state index contributed by atoms with van der Waals surface area (Å²) in [4.78, 5) is 0.